The van der Waals surface area contributed by atoms with Gasteiger partial charge in [-0.15, -0.1) is 0 Å². The molecule has 0 radical (unpaired) electrons. The van der Waals surface area contributed by atoms with Crippen molar-refractivity contribution in [1.29, 1.82) is 0 Å². The first-order valence-corrected chi connectivity index (χ1v) is 14.4. The summed E-state index contributed by atoms with van der Waals surface area (Å²) >= 11 is 1.33. The number of aromatic nitrogens is 1. The van der Waals surface area contributed by atoms with E-state index in [2.05, 4.69) is 4.99 Å². The summed E-state index contributed by atoms with van der Waals surface area (Å²) in [4.78, 5) is 30.6. The molecule has 0 spiro atoms. The molecule has 1 amide bonds. The number of hydrogen-bond acceptors (Lipinski definition) is 7. The Balaban J connectivity index is 1.64. The minimum atomic E-state index is -3.77. The van der Waals surface area contributed by atoms with Crippen molar-refractivity contribution in [2.75, 3.05) is 26.8 Å². The highest BCUT2D eigenvalue weighted by Crippen LogP contribution is 2.26. The molecule has 0 N–H and O–H groups in total. The van der Waals surface area contributed by atoms with Crippen LogP contribution in [-0.2, 0) is 30.9 Å². The van der Waals surface area contributed by atoms with E-state index >= 15 is 0 Å². The second-order valence-corrected chi connectivity index (χ2v) is 12.0. The van der Waals surface area contributed by atoms with Gasteiger partial charge in [-0.3, -0.25) is 9.59 Å². The van der Waals surface area contributed by atoms with Crippen LogP contribution in [0.1, 0.15) is 30.9 Å². The molecule has 0 bridgehead atoms. The number of hydrogen-bond donors (Lipinski definition) is 0. The summed E-state index contributed by atoms with van der Waals surface area (Å²) in [7, 11) is -2.25. The number of methoxy groups -OCH3 is 1. The number of thiazole rings is 1. The van der Waals surface area contributed by atoms with Gasteiger partial charge in [-0.2, -0.15) is 9.30 Å². The standard InChI is InChI=1S/C26H31N3O6S2/c1-5-35-24(30)16-29-22-13-17(2)18(3)14-23(22)36-26(29)27-25(31)19-7-6-12-28(15-19)37(32,33)21-10-8-20(34-4)9-11-21/h8-11,13-14,19H,5-7,12,15-16H2,1-4H3. The van der Waals surface area contributed by atoms with E-state index in [-0.39, 0.29) is 24.6 Å². The molecule has 1 aromatic heterocycles. The Morgan fingerprint density at radius 2 is 1.84 bits per heavy atom. The fourth-order valence-electron chi connectivity index (χ4n) is 4.34. The first-order chi connectivity index (χ1) is 17.6. The zero-order chi connectivity index (χ0) is 26.7. The third-order valence-electron chi connectivity index (χ3n) is 6.53. The van der Waals surface area contributed by atoms with Crippen molar-refractivity contribution in [1.82, 2.24) is 8.87 Å². The van der Waals surface area contributed by atoms with E-state index in [9.17, 15) is 18.0 Å². The fraction of sp³-hybridized carbons (Fsp3) is 0.423. The normalized spacial score (nSPS) is 17.2. The first-order valence-electron chi connectivity index (χ1n) is 12.1. The molecular formula is C26H31N3O6S2. The lowest BCUT2D eigenvalue weighted by atomic mass is 9.99. The van der Waals surface area contributed by atoms with Gasteiger partial charge < -0.3 is 14.0 Å². The number of fused-ring (bicyclic) bond motifs is 1. The van der Waals surface area contributed by atoms with Gasteiger partial charge in [0.1, 0.15) is 12.3 Å². The summed E-state index contributed by atoms with van der Waals surface area (Å²) in [5.41, 5.74) is 2.97. The van der Waals surface area contributed by atoms with E-state index in [1.807, 2.05) is 26.0 Å². The molecule has 198 valence electrons. The smallest absolute Gasteiger partial charge is 0.326 e. The Bertz CT molecular complexity index is 1490. The molecule has 0 aliphatic carbocycles. The second kappa shape index (κ2) is 11.2. The monoisotopic (exact) mass is 545 g/mol. The number of ether oxygens (including phenoxy) is 2. The van der Waals surface area contributed by atoms with Gasteiger partial charge in [0.05, 0.1) is 34.7 Å². The quantitative estimate of drug-likeness (QED) is 0.421. The molecule has 9 nitrogen and oxygen atoms in total. The highest BCUT2D eigenvalue weighted by molar-refractivity contribution is 7.89. The molecular weight excluding hydrogens is 514 g/mol. The molecule has 1 atom stereocenters. The largest absolute Gasteiger partial charge is 0.497 e. The number of rotatable bonds is 7. The number of carbonyl (C=O) groups excluding carboxylic acids is 2. The van der Waals surface area contributed by atoms with Crippen LogP contribution in [0.5, 0.6) is 5.75 Å². The fourth-order valence-corrected chi connectivity index (χ4v) is 6.98. The lowest BCUT2D eigenvalue weighted by molar-refractivity contribution is -0.143. The van der Waals surface area contributed by atoms with Gasteiger partial charge in [0, 0.05) is 13.1 Å². The summed E-state index contributed by atoms with van der Waals surface area (Å²) in [6.07, 6.45) is 1.09. The van der Waals surface area contributed by atoms with Crippen LogP contribution < -0.4 is 9.54 Å². The van der Waals surface area contributed by atoms with E-state index in [4.69, 9.17) is 9.47 Å². The molecule has 1 fully saturated rings. The molecule has 2 aromatic carbocycles. The topological polar surface area (TPSA) is 107 Å². The van der Waals surface area contributed by atoms with Crippen LogP contribution in [0.4, 0.5) is 0 Å². The van der Waals surface area contributed by atoms with Crippen LogP contribution in [0.15, 0.2) is 46.3 Å². The summed E-state index contributed by atoms with van der Waals surface area (Å²) in [5.74, 6) is -0.822. The zero-order valence-electron chi connectivity index (χ0n) is 21.4. The number of aryl methyl sites for hydroxylation is 2. The van der Waals surface area contributed by atoms with Crippen LogP contribution in [0.3, 0.4) is 0 Å². The molecule has 3 aromatic rings. The van der Waals surface area contributed by atoms with E-state index in [0.29, 0.717) is 29.9 Å². The van der Waals surface area contributed by atoms with Crippen LogP contribution in [0, 0.1) is 19.8 Å². The molecule has 37 heavy (non-hydrogen) atoms. The minimum Gasteiger partial charge on any atom is -0.497 e. The molecule has 2 heterocycles. The van der Waals surface area contributed by atoms with E-state index in [0.717, 1.165) is 21.3 Å². The highest BCUT2D eigenvalue weighted by Gasteiger charge is 2.33. The number of benzene rings is 2. The number of carbonyl (C=O) groups is 2. The summed E-state index contributed by atoms with van der Waals surface area (Å²) < 4.78 is 40.7. The molecule has 1 aliphatic rings. The number of esters is 1. The maximum Gasteiger partial charge on any atom is 0.326 e. The molecule has 0 saturated carbocycles. The average Bonchev–Trinajstić information content (AvgIpc) is 3.19. The lowest BCUT2D eigenvalue weighted by Gasteiger charge is -2.30. The van der Waals surface area contributed by atoms with Crippen LogP contribution in [0.25, 0.3) is 10.2 Å². The summed E-state index contributed by atoms with van der Waals surface area (Å²) in [5, 5.41) is 0. The van der Waals surface area contributed by atoms with Crippen molar-refractivity contribution in [3.8, 4) is 5.75 Å². The Morgan fingerprint density at radius 1 is 1.14 bits per heavy atom. The molecule has 1 unspecified atom stereocenters. The predicted octanol–water partition coefficient (Wildman–Crippen LogP) is 3.42. The van der Waals surface area contributed by atoms with Crippen molar-refractivity contribution in [3.63, 3.8) is 0 Å². The van der Waals surface area contributed by atoms with Gasteiger partial charge in [-0.1, -0.05) is 11.3 Å². The van der Waals surface area contributed by atoms with Crippen molar-refractivity contribution in [2.45, 2.75) is 45.1 Å². The first kappa shape index (κ1) is 27.0. The maximum atomic E-state index is 13.3. The van der Waals surface area contributed by atoms with Crippen LogP contribution >= 0.6 is 11.3 Å². The lowest BCUT2D eigenvalue weighted by Crippen LogP contribution is -2.42. The molecule has 1 saturated heterocycles. The number of piperidine rings is 1. The van der Waals surface area contributed by atoms with Crippen LogP contribution in [0.2, 0.25) is 0 Å². The third kappa shape index (κ3) is 5.78. The van der Waals surface area contributed by atoms with Gasteiger partial charge in [0.15, 0.2) is 4.80 Å². The SMILES string of the molecule is CCOC(=O)Cn1c(=NC(=O)C2CCCN(S(=O)(=O)c3ccc(OC)cc3)C2)sc2cc(C)c(C)cc21. The van der Waals surface area contributed by atoms with E-state index in [1.54, 1.807) is 23.6 Å². The van der Waals surface area contributed by atoms with Gasteiger partial charge in [0.2, 0.25) is 10.0 Å². The third-order valence-corrected chi connectivity index (χ3v) is 9.45. The zero-order valence-corrected chi connectivity index (χ0v) is 23.0. The minimum absolute atomic E-state index is 0.0533. The Labute approximate surface area is 220 Å². The maximum absolute atomic E-state index is 13.3. The van der Waals surface area contributed by atoms with E-state index in [1.165, 1.54) is 34.9 Å². The molecule has 1 aliphatic heterocycles. The average molecular weight is 546 g/mol. The Kier molecular flexibility index (Phi) is 8.15. The van der Waals surface area contributed by atoms with Crippen molar-refractivity contribution >= 4 is 43.5 Å². The Morgan fingerprint density at radius 3 is 2.51 bits per heavy atom. The molecule has 4 rings (SSSR count). The van der Waals surface area contributed by atoms with Crippen LogP contribution in [-0.4, -0.2) is 56.0 Å². The highest BCUT2D eigenvalue weighted by atomic mass is 32.2. The Hall–Kier alpha value is -3.02. The number of sulfonamides is 1. The molecule has 11 heteroatoms. The summed E-state index contributed by atoms with van der Waals surface area (Å²) in [6, 6.07) is 10.2. The van der Waals surface area contributed by atoms with Gasteiger partial charge in [-0.05, 0) is 81.1 Å². The van der Waals surface area contributed by atoms with Crippen molar-refractivity contribution < 1.29 is 27.5 Å². The van der Waals surface area contributed by atoms with E-state index < -0.39 is 27.8 Å². The second-order valence-electron chi connectivity index (χ2n) is 9.01. The van der Waals surface area contributed by atoms with Gasteiger partial charge >= 0.3 is 5.97 Å². The number of nitrogens with zero attached hydrogens (tertiary/aromatic N) is 3. The van der Waals surface area contributed by atoms with Gasteiger partial charge in [0.25, 0.3) is 5.91 Å². The van der Waals surface area contributed by atoms with Crippen molar-refractivity contribution in [2.24, 2.45) is 10.9 Å². The van der Waals surface area contributed by atoms with Crippen molar-refractivity contribution in [3.05, 3.63) is 52.3 Å². The van der Waals surface area contributed by atoms with Gasteiger partial charge in [-0.25, -0.2) is 8.42 Å². The summed E-state index contributed by atoms with van der Waals surface area (Å²) in [6.45, 7) is 6.32. The number of amides is 1. The predicted molar refractivity (Wildman–Crippen MR) is 141 cm³/mol.